The molecule has 0 aromatic heterocycles. The van der Waals surface area contributed by atoms with E-state index in [0.29, 0.717) is 0 Å². The summed E-state index contributed by atoms with van der Waals surface area (Å²) in [5, 5.41) is 0. The minimum Gasteiger partial charge on any atom is -0.0870 e. The van der Waals surface area contributed by atoms with Crippen LogP contribution in [0.2, 0.25) is 0 Å². The summed E-state index contributed by atoms with van der Waals surface area (Å²) < 4.78 is 0. The molecule has 0 heteroatoms. The van der Waals surface area contributed by atoms with Crippen LogP contribution in [-0.4, -0.2) is 0 Å². The summed E-state index contributed by atoms with van der Waals surface area (Å²) in [5.74, 6) is 0. The molecule has 1 atom stereocenters. The van der Waals surface area contributed by atoms with Crippen molar-refractivity contribution in [3.05, 3.63) is 90.4 Å². The van der Waals surface area contributed by atoms with E-state index in [4.69, 9.17) is 0 Å². The molecule has 0 saturated heterocycles. The van der Waals surface area contributed by atoms with E-state index in [1.807, 2.05) is 6.08 Å². The Balaban J connectivity index is 2.57. The third kappa shape index (κ3) is 3.26. The van der Waals surface area contributed by atoms with Crippen LogP contribution >= 0.6 is 0 Å². The molecule has 0 amide bonds. The fraction of sp³-hybridized carbons (Fsp3) is 0.286. The van der Waals surface area contributed by atoms with Gasteiger partial charge in [0.05, 0.1) is 0 Å². The lowest BCUT2D eigenvalue weighted by Crippen LogP contribution is -2.25. The molecule has 1 unspecified atom stereocenters. The number of hydrogen-bond acceptors (Lipinski definition) is 0. The van der Waals surface area contributed by atoms with Crippen LogP contribution in [-0.2, 0) is 11.8 Å². The van der Waals surface area contributed by atoms with Gasteiger partial charge in [0.2, 0.25) is 0 Å². The minimum atomic E-state index is -0.0654. The van der Waals surface area contributed by atoms with E-state index in [2.05, 4.69) is 81.4 Å². The van der Waals surface area contributed by atoms with Gasteiger partial charge in [0.1, 0.15) is 0 Å². The van der Waals surface area contributed by atoms with Crippen molar-refractivity contribution in [3.63, 3.8) is 0 Å². The predicted molar refractivity (Wildman–Crippen MR) is 92.4 cm³/mol. The van der Waals surface area contributed by atoms with E-state index in [1.165, 1.54) is 16.7 Å². The van der Waals surface area contributed by atoms with Gasteiger partial charge in [0.15, 0.2) is 0 Å². The second-order valence-corrected chi connectivity index (χ2v) is 5.54. The zero-order chi connectivity index (χ0) is 15.1. The molecule has 0 nitrogen and oxygen atoms in total. The van der Waals surface area contributed by atoms with Gasteiger partial charge in [-0.25, -0.2) is 0 Å². The Kier molecular flexibility index (Phi) is 5.38. The molecule has 0 aliphatic carbocycles. The molecule has 0 fully saturated rings. The second-order valence-electron chi connectivity index (χ2n) is 5.54. The van der Waals surface area contributed by atoms with Crippen LogP contribution in [0.15, 0.2) is 66.7 Å². The minimum absolute atomic E-state index is 0.0654. The van der Waals surface area contributed by atoms with E-state index in [1.54, 1.807) is 0 Å². The summed E-state index contributed by atoms with van der Waals surface area (Å²) in [6.07, 6.45) is 7.50. The molecule has 2 rings (SSSR count). The van der Waals surface area contributed by atoms with E-state index in [9.17, 15) is 0 Å². The number of hydrogen-bond donors (Lipinski definition) is 0. The normalized spacial score (nSPS) is 14.2. The molecule has 0 saturated carbocycles. The summed E-state index contributed by atoms with van der Waals surface area (Å²) in [5.41, 5.74) is 4.02. The summed E-state index contributed by atoms with van der Waals surface area (Å²) in [4.78, 5) is 0. The highest BCUT2D eigenvalue weighted by atomic mass is 14.3. The molecular weight excluding hydrogens is 252 g/mol. The Morgan fingerprint density at radius 2 is 1.52 bits per heavy atom. The smallest absolute Gasteiger partial charge is 0.0381 e. The van der Waals surface area contributed by atoms with Gasteiger partial charge in [-0.1, -0.05) is 87.0 Å². The van der Waals surface area contributed by atoms with Gasteiger partial charge in [-0.15, -0.1) is 0 Å². The zero-order valence-corrected chi connectivity index (χ0v) is 13.2. The highest BCUT2D eigenvalue weighted by molar-refractivity contribution is 5.45. The zero-order valence-electron chi connectivity index (χ0n) is 13.2. The molecule has 0 spiro atoms. The number of rotatable bonds is 6. The van der Waals surface area contributed by atoms with Crippen LogP contribution < -0.4 is 0 Å². The molecule has 0 aliphatic rings. The van der Waals surface area contributed by atoms with Gasteiger partial charge in [-0.3, -0.25) is 0 Å². The number of benzene rings is 2. The summed E-state index contributed by atoms with van der Waals surface area (Å²) >= 11 is 0. The molecule has 2 aromatic rings. The van der Waals surface area contributed by atoms with Gasteiger partial charge in [-0.05, 0) is 36.5 Å². The molecule has 0 heterocycles. The fourth-order valence-electron chi connectivity index (χ4n) is 3.10. The average Bonchev–Trinajstić information content (AvgIpc) is 2.55. The third-order valence-corrected chi connectivity index (χ3v) is 4.21. The first kappa shape index (κ1) is 15.6. The van der Waals surface area contributed by atoms with Crippen LogP contribution in [0.3, 0.4) is 0 Å². The average molecular weight is 277 g/mol. The Morgan fingerprint density at radius 1 is 0.905 bits per heavy atom. The fourth-order valence-corrected chi connectivity index (χ4v) is 3.10. The highest BCUT2D eigenvalue weighted by Gasteiger charge is 2.30. The third-order valence-electron chi connectivity index (χ3n) is 4.21. The van der Waals surface area contributed by atoms with Crippen LogP contribution in [0.5, 0.6) is 0 Å². The first-order valence-corrected chi connectivity index (χ1v) is 7.88. The van der Waals surface area contributed by atoms with E-state index < -0.39 is 0 Å². The Morgan fingerprint density at radius 3 is 2.05 bits per heavy atom. The van der Waals surface area contributed by atoms with E-state index >= 15 is 0 Å². The topological polar surface area (TPSA) is 0 Å². The van der Waals surface area contributed by atoms with Crippen molar-refractivity contribution in [3.8, 4) is 0 Å². The van der Waals surface area contributed by atoms with Gasteiger partial charge in [0.25, 0.3) is 0 Å². The first-order valence-electron chi connectivity index (χ1n) is 7.88. The van der Waals surface area contributed by atoms with Crippen molar-refractivity contribution in [2.45, 2.75) is 38.5 Å². The molecule has 0 N–H and O–H groups in total. The van der Waals surface area contributed by atoms with Crippen LogP contribution in [0.4, 0.5) is 0 Å². The summed E-state index contributed by atoms with van der Waals surface area (Å²) in [6, 6.07) is 19.8. The van der Waals surface area contributed by atoms with Gasteiger partial charge in [-0.2, -0.15) is 0 Å². The maximum Gasteiger partial charge on any atom is 0.0381 e. The summed E-state index contributed by atoms with van der Waals surface area (Å²) in [7, 11) is 0. The lowest BCUT2D eigenvalue weighted by Gasteiger charge is -2.32. The Hall–Kier alpha value is -1.82. The lowest BCUT2D eigenvalue weighted by atomic mass is 9.71. The summed E-state index contributed by atoms with van der Waals surface area (Å²) in [6.45, 7) is 8.40. The number of allylic oxidation sites excluding steroid dienone is 2. The molecular formula is C21H25. The largest absolute Gasteiger partial charge is 0.0870 e. The maximum atomic E-state index is 3.96. The van der Waals surface area contributed by atoms with Crippen molar-refractivity contribution in [2.75, 3.05) is 0 Å². The molecule has 0 bridgehead atoms. The lowest BCUT2D eigenvalue weighted by molar-refractivity contribution is 0.569. The van der Waals surface area contributed by atoms with Crippen LogP contribution in [0.25, 0.3) is 0 Å². The molecule has 109 valence electrons. The van der Waals surface area contributed by atoms with Crippen molar-refractivity contribution in [2.24, 2.45) is 0 Å². The van der Waals surface area contributed by atoms with Crippen LogP contribution in [0, 0.1) is 6.92 Å². The van der Waals surface area contributed by atoms with Crippen molar-refractivity contribution >= 4 is 0 Å². The molecule has 2 aromatic carbocycles. The van der Waals surface area contributed by atoms with E-state index in [-0.39, 0.29) is 5.41 Å². The van der Waals surface area contributed by atoms with Gasteiger partial charge in [0, 0.05) is 5.41 Å². The standard InChI is InChI=1S/C21H25/c1-4-16-21(17-5-2,19-10-8-7-9-11-19)20-14-12-18(6-3)13-15-20/h4,7-16H,1,5-6,17H2,2-3H3. The SMILES string of the molecule is [CH2]C=CC(CCC)(c1ccccc1)c1ccc(CC)cc1. The quantitative estimate of drug-likeness (QED) is 0.633. The molecule has 0 aliphatic heterocycles. The highest BCUT2D eigenvalue weighted by Crippen LogP contribution is 2.38. The first-order chi connectivity index (χ1) is 10.3. The molecule has 1 radical (unpaired) electrons. The van der Waals surface area contributed by atoms with E-state index in [0.717, 1.165) is 19.3 Å². The van der Waals surface area contributed by atoms with Crippen molar-refractivity contribution in [1.82, 2.24) is 0 Å². The monoisotopic (exact) mass is 277 g/mol. The van der Waals surface area contributed by atoms with Crippen molar-refractivity contribution < 1.29 is 0 Å². The second kappa shape index (κ2) is 7.26. The Labute approximate surface area is 129 Å². The Bertz CT molecular complexity index is 563. The number of aryl methyl sites for hydroxylation is 1. The van der Waals surface area contributed by atoms with Gasteiger partial charge < -0.3 is 0 Å². The molecule has 21 heavy (non-hydrogen) atoms. The maximum absolute atomic E-state index is 3.96. The predicted octanol–water partition coefficient (Wildman–Crippen LogP) is 5.73. The van der Waals surface area contributed by atoms with Gasteiger partial charge >= 0.3 is 0 Å². The van der Waals surface area contributed by atoms with Crippen molar-refractivity contribution in [1.29, 1.82) is 0 Å². The van der Waals surface area contributed by atoms with Crippen LogP contribution in [0.1, 0.15) is 43.4 Å².